The number of hydrogen-bond acceptors (Lipinski definition) is 3. The van der Waals surface area contributed by atoms with Crippen molar-refractivity contribution >= 4 is 45.9 Å². The van der Waals surface area contributed by atoms with Crippen LogP contribution in [0, 0.1) is 0 Å². The van der Waals surface area contributed by atoms with Gasteiger partial charge in [-0.1, -0.05) is 60.7 Å². The fourth-order valence-electron chi connectivity index (χ4n) is 5.50. The molecule has 0 N–H and O–H groups in total. The minimum atomic E-state index is -0.233. The van der Waals surface area contributed by atoms with Crippen LogP contribution < -0.4 is 14.9 Å². The molecule has 0 saturated heterocycles. The Labute approximate surface area is 190 Å². The van der Waals surface area contributed by atoms with E-state index in [-0.39, 0.29) is 7.05 Å². The van der Waals surface area contributed by atoms with Gasteiger partial charge in [-0.05, 0) is 41.4 Å². The molecule has 33 heavy (non-hydrogen) atoms. The van der Waals surface area contributed by atoms with Crippen molar-refractivity contribution in [3.8, 4) is 22.6 Å². The molecule has 5 heteroatoms. The first-order valence-electron chi connectivity index (χ1n) is 11.1. The molecule has 8 rings (SSSR count). The van der Waals surface area contributed by atoms with E-state index in [1.54, 1.807) is 6.26 Å². The average Bonchev–Trinajstić information content (AvgIpc) is 3.57. The van der Waals surface area contributed by atoms with Gasteiger partial charge in [0.25, 0.3) is 0 Å². The molecule has 2 aliphatic heterocycles. The van der Waals surface area contributed by atoms with Gasteiger partial charge in [-0.3, -0.25) is 0 Å². The summed E-state index contributed by atoms with van der Waals surface area (Å²) in [7, 11) is -0.233. The van der Waals surface area contributed by atoms with Gasteiger partial charge in [0.15, 0.2) is 5.88 Å². The van der Waals surface area contributed by atoms with Crippen molar-refractivity contribution in [2.24, 2.45) is 0 Å². The summed E-state index contributed by atoms with van der Waals surface area (Å²) >= 11 is 0. The molecule has 4 aromatic carbocycles. The third-order valence-electron chi connectivity index (χ3n) is 6.89. The highest BCUT2D eigenvalue weighted by Crippen LogP contribution is 2.48. The second-order valence-corrected chi connectivity index (χ2v) is 8.59. The third-order valence-corrected chi connectivity index (χ3v) is 6.89. The standard InChI is InChI=1S/C28H17BN2O2/c1-4-10-23-19(7-1)22-15-16-32-28(22)31-26-14-13-18(17-27(26)33-29(23)31)30-24-11-5-2-8-20(24)21-9-3-6-12-25(21)30/h1-17H. The molecule has 0 fully saturated rings. The largest absolute Gasteiger partial charge is 0.536 e. The highest BCUT2D eigenvalue weighted by Gasteiger charge is 2.46. The summed E-state index contributed by atoms with van der Waals surface area (Å²) in [6.07, 6.45) is 1.76. The summed E-state index contributed by atoms with van der Waals surface area (Å²) in [5.41, 5.74) is 7.90. The number of aromatic nitrogens is 1. The fourth-order valence-corrected chi connectivity index (χ4v) is 5.50. The lowest BCUT2D eigenvalue weighted by Crippen LogP contribution is -2.50. The van der Waals surface area contributed by atoms with Crippen molar-refractivity contribution in [1.82, 2.24) is 4.57 Å². The summed E-state index contributed by atoms with van der Waals surface area (Å²) in [5, 5.41) is 2.50. The SMILES string of the molecule is c1ccc2c(c1)B1Oc3cc(-n4c5ccccc5c5ccccc54)ccc3N1c1occc1-2. The summed E-state index contributed by atoms with van der Waals surface area (Å²) in [6, 6.07) is 34.0. The maximum absolute atomic E-state index is 6.58. The number of fused-ring (bicyclic) bond motifs is 11. The van der Waals surface area contributed by atoms with Crippen LogP contribution in [0.5, 0.6) is 5.75 Å². The maximum Gasteiger partial charge on any atom is 0.527 e. The van der Waals surface area contributed by atoms with E-state index in [9.17, 15) is 0 Å². The molecule has 0 atom stereocenters. The van der Waals surface area contributed by atoms with E-state index in [1.165, 1.54) is 21.8 Å². The van der Waals surface area contributed by atoms with E-state index < -0.39 is 0 Å². The fraction of sp³-hybridized carbons (Fsp3) is 0. The van der Waals surface area contributed by atoms with Crippen LogP contribution in [0.25, 0.3) is 38.6 Å². The number of nitrogens with zero attached hydrogens (tertiary/aromatic N) is 2. The molecular weight excluding hydrogens is 407 g/mol. The zero-order chi connectivity index (χ0) is 21.5. The number of benzene rings is 4. The Bertz CT molecular complexity index is 1680. The van der Waals surface area contributed by atoms with Gasteiger partial charge in [-0.2, -0.15) is 0 Å². The van der Waals surface area contributed by atoms with E-state index in [2.05, 4.69) is 100 Å². The number of rotatable bonds is 1. The number of furan rings is 1. The molecule has 2 aromatic heterocycles. The van der Waals surface area contributed by atoms with Crippen molar-refractivity contribution in [3.63, 3.8) is 0 Å². The van der Waals surface area contributed by atoms with Gasteiger partial charge in [-0.15, -0.1) is 0 Å². The second kappa shape index (κ2) is 6.11. The van der Waals surface area contributed by atoms with Gasteiger partial charge in [0.1, 0.15) is 5.75 Å². The van der Waals surface area contributed by atoms with Crippen LogP contribution >= 0.6 is 0 Å². The summed E-state index contributed by atoms with van der Waals surface area (Å²) < 4.78 is 14.8. The second-order valence-electron chi connectivity index (χ2n) is 8.59. The first-order valence-corrected chi connectivity index (χ1v) is 11.1. The lowest BCUT2D eigenvalue weighted by molar-refractivity contribution is 0.569. The highest BCUT2D eigenvalue weighted by molar-refractivity contribution is 6.76. The van der Waals surface area contributed by atoms with Gasteiger partial charge < -0.3 is 18.4 Å². The van der Waals surface area contributed by atoms with Crippen LogP contribution in [-0.2, 0) is 0 Å². The minimum absolute atomic E-state index is 0.233. The summed E-state index contributed by atoms with van der Waals surface area (Å²) in [6.45, 7) is 0. The van der Waals surface area contributed by atoms with Gasteiger partial charge in [0.05, 0.1) is 23.0 Å². The Morgan fingerprint density at radius 2 is 1.39 bits per heavy atom. The number of anilines is 2. The average molecular weight is 424 g/mol. The van der Waals surface area contributed by atoms with E-state index in [0.29, 0.717) is 0 Å². The van der Waals surface area contributed by atoms with E-state index in [4.69, 9.17) is 9.07 Å². The Hall–Kier alpha value is -4.38. The van der Waals surface area contributed by atoms with Crippen molar-refractivity contribution in [2.75, 3.05) is 4.81 Å². The smallest absolute Gasteiger partial charge is 0.527 e. The first kappa shape index (κ1) is 17.2. The van der Waals surface area contributed by atoms with Crippen LogP contribution in [0.4, 0.5) is 11.6 Å². The van der Waals surface area contributed by atoms with Crippen LogP contribution in [0.1, 0.15) is 0 Å². The molecule has 4 heterocycles. The zero-order valence-electron chi connectivity index (χ0n) is 17.6. The monoisotopic (exact) mass is 424 g/mol. The Balaban J connectivity index is 1.35. The predicted octanol–water partition coefficient (Wildman–Crippen LogP) is 6.28. The predicted molar refractivity (Wildman–Crippen MR) is 133 cm³/mol. The molecule has 0 saturated carbocycles. The van der Waals surface area contributed by atoms with E-state index in [1.807, 2.05) is 6.07 Å². The zero-order valence-corrected chi connectivity index (χ0v) is 17.6. The first-order chi connectivity index (χ1) is 16.4. The molecular formula is C28H17BN2O2. The Morgan fingerprint density at radius 3 is 2.21 bits per heavy atom. The molecule has 0 radical (unpaired) electrons. The van der Waals surface area contributed by atoms with Crippen molar-refractivity contribution in [1.29, 1.82) is 0 Å². The molecule has 4 nitrogen and oxygen atoms in total. The van der Waals surface area contributed by atoms with Crippen LogP contribution in [0.2, 0.25) is 0 Å². The molecule has 0 aliphatic carbocycles. The maximum atomic E-state index is 6.58. The third kappa shape index (κ3) is 2.16. The highest BCUT2D eigenvalue weighted by atomic mass is 16.5. The molecule has 0 bridgehead atoms. The van der Waals surface area contributed by atoms with Crippen molar-refractivity contribution < 1.29 is 9.07 Å². The minimum Gasteiger partial charge on any atom is -0.536 e. The van der Waals surface area contributed by atoms with E-state index in [0.717, 1.165) is 39.6 Å². The summed E-state index contributed by atoms with van der Waals surface area (Å²) in [5.74, 6) is 1.69. The van der Waals surface area contributed by atoms with Gasteiger partial charge >= 0.3 is 7.05 Å². The molecule has 0 amide bonds. The lowest BCUT2D eigenvalue weighted by Gasteiger charge is -2.27. The van der Waals surface area contributed by atoms with Crippen LogP contribution in [0.3, 0.4) is 0 Å². The van der Waals surface area contributed by atoms with Gasteiger partial charge in [0.2, 0.25) is 0 Å². The molecule has 154 valence electrons. The molecule has 0 unspecified atom stereocenters. The summed E-state index contributed by atoms with van der Waals surface area (Å²) in [4.78, 5) is 2.17. The number of para-hydroxylation sites is 2. The van der Waals surface area contributed by atoms with Gasteiger partial charge in [0, 0.05) is 28.1 Å². The quantitative estimate of drug-likeness (QED) is 0.291. The van der Waals surface area contributed by atoms with Crippen molar-refractivity contribution in [2.45, 2.75) is 0 Å². The Morgan fingerprint density at radius 1 is 0.667 bits per heavy atom. The topological polar surface area (TPSA) is 30.5 Å². The molecule has 0 spiro atoms. The normalized spacial score (nSPS) is 13.6. The van der Waals surface area contributed by atoms with Gasteiger partial charge in [-0.25, -0.2) is 0 Å². The Kier molecular flexibility index (Phi) is 3.19. The van der Waals surface area contributed by atoms with Crippen LogP contribution in [-0.4, -0.2) is 11.6 Å². The van der Waals surface area contributed by atoms with Crippen LogP contribution in [0.15, 0.2) is 108 Å². The number of hydrogen-bond donors (Lipinski definition) is 0. The molecule has 6 aromatic rings. The molecule has 2 aliphatic rings. The van der Waals surface area contributed by atoms with E-state index >= 15 is 0 Å². The van der Waals surface area contributed by atoms with Crippen molar-refractivity contribution in [3.05, 3.63) is 103 Å². The lowest BCUT2D eigenvalue weighted by atomic mass is 9.66.